The molecule has 1 N–H and O–H groups in total. The molecule has 0 bridgehead atoms. The molecule has 2 amide bonds. The Kier molecular flexibility index (Phi) is 6.10. The number of carbonyl (C=O) groups excluding carboxylic acids is 3. The molecule has 1 aromatic carbocycles. The number of hydrogen-bond acceptors (Lipinski definition) is 7. The Balaban J connectivity index is 2.40. The second kappa shape index (κ2) is 8.09. The fourth-order valence-corrected chi connectivity index (χ4v) is 3.39. The molecule has 138 valence electrons. The smallest absolute Gasteiger partial charge is 0.328 e. The molecule has 0 aliphatic carbocycles. The maximum absolute atomic E-state index is 12.5. The highest BCUT2D eigenvalue weighted by Gasteiger charge is 2.41. The van der Waals surface area contributed by atoms with Crippen LogP contribution >= 0.6 is 11.8 Å². The number of allylic oxidation sites excluding steroid dienone is 1. The molecule has 1 aromatic rings. The first kappa shape index (κ1) is 19.6. The Morgan fingerprint density at radius 3 is 2.65 bits per heavy atom. The number of amides is 2. The lowest BCUT2D eigenvalue weighted by atomic mass is 10.1. The molecule has 0 aromatic heterocycles. The number of aromatic hydroxyl groups is 1. The quantitative estimate of drug-likeness (QED) is 0.463. The van der Waals surface area contributed by atoms with Crippen LogP contribution in [-0.4, -0.2) is 47.4 Å². The molecule has 1 aliphatic heterocycles. The summed E-state index contributed by atoms with van der Waals surface area (Å²) in [6.07, 6.45) is 3.55. The van der Waals surface area contributed by atoms with Crippen LogP contribution in [0.4, 0.5) is 4.79 Å². The number of imide groups is 1. The van der Waals surface area contributed by atoms with E-state index in [2.05, 4.69) is 11.3 Å². The van der Waals surface area contributed by atoms with Gasteiger partial charge in [-0.25, -0.2) is 4.79 Å². The zero-order valence-electron chi connectivity index (χ0n) is 14.6. The first-order chi connectivity index (χ1) is 12.3. The van der Waals surface area contributed by atoms with Gasteiger partial charge in [-0.05, 0) is 48.9 Å². The molecule has 0 spiro atoms. The predicted octanol–water partition coefficient (Wildman–Crippen LogP) is 2.73. The summed E-state index contributed by atoms with van der Waals surface area (Å²) in [6, 6.07) is 2.22. The lowest BCUT2D eigenvalue weighted by molar-refractivity contribution is -0.148. The van der Waals surface area contributed by atoms with Crippen LogP contribution in [0.3, 0.4) is 0 Å². The largest absolute Gasteiger partial charge is 0.504 e. The van der Waals surface area contributed by atoms with E-state index in [4.69, 9.17) is 4.74 Å². The van der Waals surface area contributed by atoms with E-state index >= 15 is 0 Å². The molecular weight excluding hydrogens is 358 g/mol. The van der Waals surface area contributed by atoms with E-state index in [-0.39, 0.29) is 16.4 Å². The van der Waals surface area contributed by atoms with E-state index in [0.29, 0.717) is 17.5 Å². The predicted molar refractivity (Wildman–Crippen MR) is 97.8 cm³/mol. The second-order valence-corrected chi connectivity index (χ2v) is 6.47. The number of phenols is 1. The fraction of sp³-hybridized carbons (Fsp3) is 0.278. The molecule has 1 saturated heterocycles. The van der Waals surface area contributed by atoms with Crippen LogP contribution in [0.5, 0.6) is 11.5 Å². The van der Waals surface area contributed by atoms with E-state index in [9.17, 15) is 19.5 Å². The number of carbonyl (C=O) groups is 3. The van der Waals surface area contributed by atoms with Gasteiger partial charge in [-0.1, -0.05) is 6.08 Å². The molecule has 2 rings (SSSR count). The minimum absolute atomic E-state index is 0.00281. The van der Waals surface area contributed by atoms with E-state index in [1.54, 1.807) is 18.2 Å². The number of thioether (sulfide) groups is 1. The second-order valence-electron chi connectivity index (χ2n) is 5.47. The van der Waals surface area contributed by atoms with Crippen molar-refractivity contribution in [3.63, 3.8) is 0 Å². The van der Waals surface area contributed by atoms with Crippen molar-refractivity contribution in [1.82, 2.24) is 4.90 Å². The highest BCUT2D eigenvalue weighted by Crippen LogP contribution is 2.37. The third kappa shape index (κ3) is 3.75. The molecular formula is C18H19NO6S. The Labute approximate surface area is 155 Å². The summed E-state index contributed by atoms with van der Waals surface area (Å²) >= 11 is 0.737. The van der Waals surface area contributed by atoms with Crippen molar-refractivity contribution in [2.24, 2.45) is 0 Å². The SMILES string of the molecule is C=CCc1cc(/C=C2/SC(=O)N([C@@H](C)C(=O)OC)C2=O)cc(OC)c1O. The summed E-state index contributed by atoms with van der Waals surface area (Å²) in [6.45, 7) is 5.07. The van der Waals surface area contributed by atoms with Crippen LogP contribution in [-0.2, 0) is 20.7 Å². The molecule has 0 unspecified atom stereocenters. The molecule has 1 fully saturated rings. The number of phenolic OH excluding ortho intramolecular Hbond substituents is 1. The normalized spacial score (nSPS) is 16.7. The molecule has 1 aliphatic rings. The van der Waals surface area contributed by atoms with Crippen LogP contribution in [0, 0.1) is 0 Å². The average molecular weight is 377 g/mol. The van der Waals surface area contributed by atoms with Gasteiger partial charge in [0.2, 0.25) is 0 Å². The number of rotatable bonds is 6. The van der Waals surface area contributed by atoms with E-state index in [0.717, 1.165) is 16.7 Å². The zero-order valence-corrected chi connectivity index (χ0v) is 15.5. The Hall–Kier alpha value is -2.74. The van der Waals surface area contributed by atoms with Crippen molar-refractivity contribution >= 4 is 35.0 Å². The molecule has 1 heterocycles. The molecule has 0 radical (unpaired) electrons. The average Bonchev–Trinajstić information content (AvgIpc) is 2.89. The summed E-state index contributed by atoms with van der Waals surface area (Å²) in [7, 11) is 2.61. The minimum Gasteiger partial charge on any atom is -0.504 e. The van der Waals surface area contributed by atoms with Gasteiger partial charge in [0, 0.05) is 5.56 Å². The zero-order chi connectivity index (χ0) is 19.4. The van der Waals surface area contributed by atoms with Gasteiger partial charge in [-0.2, -0.15) is 0 Å². The van der Waals surface area contributed by atoms with Crippen molar-refractivity contribution < 1.29 is 29.0 Å². The Morgan fingerprint density at radius 2 is 2.08 bits per heavy atom. The first-order valence-electron chi connectivity index (χ1n) is 7.69. The molecule has 26 heavy (non-hydrogen) atoms. The maximum atomic E-state index is 12.5. The van der Waals surface area contributed by atoms with Gasteiger partial charge in [-0.3, -0.25) is 14.5 Å². The van der Waals surface area contributed by atoms with E-state index in [1.807, 2.05) is 0 Å². The Bertz CT molecular complexity index is 801. The highest BCUT2D eigenvalue weighted by atomic mass is 32.2. The van der Waals surface area contributed by atoms with Gasteiger partial charge in [-0.15, -0.1) is 6.58 Å². The summed E-state index contributed by atoms with van der Waals surface area (Å²) in [5.41, 5.74) is 1.15. The van der Waals surface area contributed by atoms with Crippen molar-refractivity contribution in [2.75, 3.05) is 14.2 Å². The molecule has 7 nitrogen and oxygen atoms in total. The third-order valence-electron chi connectivity index (χ3n) is 3.81. The number of nitrogens with zero attached hydrogens (tertiary/aromatic N) is 1. The lowest BCUT2D eigenvalue weighted by Crippen LogP contribution is -2.42. The van der Waals surface area contributed by atoms with Crippen molar-refractivity contribution in [3.05, 3.63) is 40.8 Å². The van der Waals surface area contributed by atoms with Crippen molar-refractivity contribution in [1.29, 1.82) is 0 Å². The third-order valence-corrected chi connectivity index (χ3v) is 4.69. The number of ether oxygens (including phenoxy) is 2. The van der Waals surface area contributed by atoms with Crippen LogP contribution in [0.25, 0.3) is 6.08 Å². The fourth-order valence-electron chi connectivity index (χ4n) is 2.48. The van der Waals surface area contributed by atoms with Crippen LogP contribution in [0.2, 0.25) is 0 Å². The summed E-state index contributed by atoms with van der Waals surface area (Å²) in [5.74, 6) is -1.00. The van der Waals surface area contributed by atoms with Crippen LogP contribution in [0.1, 0.15) is 18.1 Å². The summed E-state index contributed by atoms with van der Waals surface area (Å²) in [5, 5.41) is 9.58. The van der Waals surface area contributed by atoms with Gasteiger partial charge in [0.05, 0.1) is 19.1 Å². The number of esters is 1. The van der Waals surface area contributed by atoms with Gasteiger partial charge in [0.15, 0.2) is 11.5 Å². The number of benzene rings is 1. The standard InChI is InChI=1S/C18H19NO6S/c1-5-6-12-7-11(8-13(24-3)15(12)20)9-14-16(21)19(18(23)26-14)10(2)17(22)25-4/h5,7-10,20H,1,6H2,2-4H3/b14-9+/t10-/m0/s1. The minimum atomic E-state index is -1.01. The van der Waals surface area contributed by atoms with Gasteiger partial charge in [0.25, 0.3) is 11.1 Å². The van der Waals surface area contributed by atoms with Gasteiger partial charge < -0.3 is 14.6 Å². The first-order valence-corrected chi connectivity index (χ1v) is 8.51. The van der Waals surface area contributed by atoms with E-state index in [1.165, 1.54) is 27.2 Å². The molecule has 0 saturated carbocycles. The molecule has 8 heteroatoms. The number of methoxy groups -OCH3 is 2. The molecule has 1 atom stereocenters. The van der Waals surface area contributed by atoms with Crippen molar-refractivity contribution in [3.8, 4) is 11.5 Å². The maximum Gasteiger partial charge on any atom is 0.328 e. The monoisotopic (exact) mass is 377 g/mol. The van der Waals surface area contributed by atoms with Gasteiger partial charge >= 0.3 is 5.97 Å². The van der Waals surface area contributed by atoms with Crippen molar-refractivity contribution in [2.45, 2.75) is 19.4 Å². The lowest BCUT2D eigenvalue weighted by Gasteiger charge is -2.18. The van der Waals surface area contributed by atoms with Crippen LogP contribution in [0.15, 0.2) is 29.7 Å². The van der Waals surface area contributed by atoms with Crippen LogP contribution < -0.4 is 4.74 Å². The topological polar surface area (TPSA) is 93.1 Å². The number of hydrogen-bond donors (Lipinski definition) is 1. The highest BCUT2D eigenvalue weighted by molar-refractivity contribution is 8.18. The van der Waals surface area contributed by atoms with E-state index < -0.39 is 23.2 Å². The summed E-state index contributed by atoms with van der Waals surface area (Å²) in [4.78, 5) is 37.3. The summed E-state index contributed by atoms with van der Waals surface area (Å²) < 4.78 is 9.74. The van der Waals surface area contributed by atoms with Gasteiger partial charge in [0.1, 0.15) is 6.04 Å². The Morgan fingerprint density at radius 1 is 1.38 bits per heavy atom.